The molecule has 2 aromatic carbocycles. The summed E-state index contributed by atoms with van der Waals surface area (Å²) in [5, 5.41) is 9.58. The van der Waals surface area contributed by atoms with Crippen LogP contribution in [0, 0.1) is 6.92 Å². The van der Waals surface area contributed by atoms with Crippen LogP contribution in [0.25, 0.3) is 0 Å². The lowest BCUT2D eigenvalue weighted by Crippen LogP contribution is -2.07. The molecule has 0 amide bonds. The van der Waals surface area contributed by atoms with Crippen molar-refractivity contribution in [1.29, 1.82) is 0 Å². The van der Waals surface area contributed by atoms with Crippen molar-refractivity contribution in [3.05, 3.63) is 71.5 Å². The van der Waals surface area contributed by atoms with Crippen molar-refractivity contribution in [3.8, 4) is 5.75 Å². The lowest BCUT2D eigenvalue weighted by molar-refractivity contribution is 0.286. The third-order valence-corrected chi connectivity index (χ3v) is 4.81. The molecule has 1 heterocycles. The fraction of sp³-hybridized carbons (Fsp3) is 0.263. The number of ether oxygens (including phenoxy) is 1. The van der Waals surface area contributed by atoms with Gasteiger partial charge in [0.05, 0.1) is 0 Å². The Morgan fingerprint density at radius 2 is 1.75 bits per heavy atom. The minimum absolute atomic E-state index is 0.428. The Morgan fingerprint density at radius 3 is 2.50 bits per heavy atom. The van der Waals surface area contributed by atoms with Gasteiger partial charge in [-0.1, -0.05) is 60.3 Å². The van der Waals surface area contributed by atoms with Crippen LogP contribution < -0.4 is 4.74 Å². The van der Waals surface area contributed by atoms with E-state index in [1.807, 2.05) is 37.3 Å². The largest absolute Gasteiger partial charge is 0.485 e. The van der Waals surface area contributed by atoms with Gasteiger partial charge in [-0.3, -0.25) is 0 Å². The molecular formula is C19H21N3OS. The standard InChI is InChI=1S/C19H21N3OS/c1-3-22-18(13-23-17-12-8-7-9-15(17)2)20-21-19(22)24-14-16-10-5-4-6-11-16/h4-12H,3,13-14H2,1-2H3. The van der Waals surface area contributed by atoms with Crippen LogP contribution in [0.3, 0.4) is 0 Å². The second-order valence-corrected chi connectivity index (χ2v) is 6.41. The van der Waals surface area contributed by atoms with E-state index in [1.165, 1.54) is 5.56 Å². The van der Waals surface area contributed by atoms with Crippen molar-refractivity contribution >= 4 is 11.8 Å². The zero-order valence-corrected chi connectivity index (χ0v) is 14.8. The molecule has 4 nitrogen and oxygen atoms in total. The van der Waals surface area contributed by atoms with E-state index in [4.69, 9.17) is 4.74 Å². The zero-order valence-electron chi connectivity index (χ0n) is 14.0. The van der Waals surface area contributed by atoms with Crippen LogP contribution in [0.15, 0.2) is 59.8 Å². The highest BCUT2D eigenvalue weighted by atomic mass is 32.2. The van der Waals surface area contributed by atoms with Gasteiger partial charge in [0, 0.05) is 12.3 Å². The quantitative estimate of drug-likeness (QED) is 0.595. The molecule has 1 aromatic heterocycles. The van der Waals surface area contributed by atoms with Crippen molar-refractivity contribution in [2.75, 3.05) is 0 Å². The predicted octanol–water partition coefficient (Wildman–Crippen LogP) is 4.48. The van der Waals surface area contributed by atoms with Crippen LogP contribution in [0.5, 0.6) is 5.75 Å². The van der Waals surface area contributed by atoms with Gasteiger partial charge in [-0.2, -0.15) is 0 Å². The lowest BCUT2D eigenvalue weighted by Gasteiger charge is -2.10. The highest BCUT2D eigenvalue weighted by molar-refractivity contribution is 7.98. The number of rotatable bonds is 7. The Bertz CT molecular complexity index is 786. The van der Waals surface area contributed by atoms with Crippen LogP contribution >= 0.6 is 11.8 Å². The first-order chi connectivity index (χ1) is 11.8. The number of aryl methyl sites for hydroxylation is 1. The van der Waals surface area contributed by atoms with E-state index in [9.17, 15) is 0 Å². The third-order valence-electron chi connectivity index (χ3n) is 3.77. The van der Waals surface area contributed by atoms with Crippen LogP contribution in [0.1, 0.15) is 23.9 Å². The maximum Gasteiger partial charge on any atom is 0.191 e. The minimum atomic E-state index is 0.428. The van der Waals surface area contributed by atoms with Gasteiger partial charge in [0.2, 0.25) is 0 Å². The smallest absolute Gasteiger partial charge is 0.191 e. The van der Waals surface area contributed by atoms with Crippen molar-refractivity contribution in [3.63, 3.8) is 0 Å². The Hall–Kier alpha value is -2.27. The Morgan fingerprint density at radius 1 is 1.00 bits per heavy atom. The van der Waals surface area contributed by atoms with Gasteiger partial charge in [0.1, 0.15) is 12.4 Å². The molecule has 0 bridgehead atoms. The first-order valence-electron chi connectivity index (χ1n) is 8.05. The minimum Gasteiger partial charge on any atom is -0.485 e. The topological polar surface area (TPSA) is 39.9 Å². The third kappa shape index (κ3) is 3.97. The fourth-order valence-corrected chi connectivity index (χ4v) is 3.41. The molecule has 3 aromatic rings. The molecule has 124 valence electrons. The molecule has 5 heteroatoms. The average molecular weight is 339 g/mol. The van der Waals surface area contributed by atoms with Gasteiger partial charge in [-0.05, 0) is 31.0 Å². The first kappa shape index (κ1) is 16.6. The summed E-state index contributed by atoms with van der Waals surface area (Å²) in [4.78, 5) is 0. The molecule has 24 heavy (non-hydrogen) atoms. The van der Waals surface area contributed by atoms with Crippen molar-refractivity contribution in [2.45, 2.75) is 37.9 Å². The molecule has 0 aliphatic rings. The zero-order chi connectivity index (χ0) is 16.8. The number of thioether (sulfide) groups is 1. The predicted molar refractivity (Wildman–Crippen MR) is 97.2 cm³/mol. The molecule has 0 spiro atoms. The molecule has 0 saturated carbocycles. The summed E-state index contributed by atoms with van der Waals surface area (Å²) < 4.78 is 8.03. The van der Waals surface area contributed by atoms with E-state index in [-0.39, 0.29) is 0 Å². The van der Waals surface area contributed by atoms with Crippen LogP contribution in [-0.4, -0.2) is 14.8 Å². The Labute approximate surface area is 146 Å². The van der Waals surface area contributed by atoms with Crippen molar-refractivity contribution in [1.82, 2.24) is 14.8 Å². The number of hydrogen-bond donors (Lipinski definition) is 0. The van der Waals surface area contributed by atoms with Crippen LogP contribution in [0.4, 0.5) is 0 Å². The molecule has 0 saturated heterocycles. The molecule has 0 aliphatic carbocycles. The summed E-state index contributed by atoms with van der Waals surface area (Å²) >= 11 is 1.70. The maximum absolute atomic E-state index is 5.91. The van der Waals surface area contributed by atoms with Crippen molar-refractivity contribution in [2.24, 2.45) is 0 Å². The molecule has 0 unspecified atom stereocenters. The van der Waals surface area contributed by atoms with Gasteiger partial charge in [-0.25, -0.2) is 0 Å². The highest BCUT2D eigenvalue weighted by Crippen LogP contribution is 2.23. The van der Waals surface area contributed by atoms with Crippen molar-refractivity contribution < 1.29 is 4.74 Å². The maximum atomic E-state index is 5.91. The molecule has 0 atom stereocenters. The second-order valence-electron chi connectivity index (χ2n) is 5.47. The van der Waals surface area contributed by atoms with E-state index in [0.29, 0.717) is 6.61 Å². The van der Waals surface area contributed by atoms with Gasteiger partial charge >= 0.3 is 0 Å². The second kappa shape index (κ2) is 8.02. The number of aromatic nitrogens is 3. The summed E-state index contributed by atoms with van der Waals surface area (Å²) in [5.74, 6) is 2.63. The number of hydrogen-bond acceptors (Lipinski definition) is 4. The summed E-state index contributed by atoms with van der Waals surface area (Å²) in [5.41, 5.74) is 2.41. The van der Waals surface area contributed by atoms with Gasteiger partial charge in [-0.15, -0.1) is 10.2 Å². The monoisotopic (exact) mass is 339 g/mol. The Balaban J connectivity index is 1.67. The van der Waals surface area contributed by atoms with E-state index in [1.54, 1.807) is 11.8 Å². The lowest BCUT2D eigenvalue weighted by atomic mass is 10.2. The number of nitrogens with zero attached hydrogens (tertiary/aromatic N) is 3. The average Bonchev–Trinajstić information content (AvgIpc) is 3.02. The molecule has 3 rings (SSSR count). The van der Waals surface area contributed by atoms with E-state index >= 15 is 0 Å². The first-order valence-corrected chi connectivity index (χ1v) is 9.03. The fourth-order valence-electron chi connectivity index (χ4n) is 2.43. The highest BCUT2D eigenvalue weighted by Gasteiger charge is 2.12. The Kier molecular flexibility index (Phi) is 5.54. The number of para-hydroxylation sites is 1. The van der Waals surface area contributed by atoms with Crippen LogP contribution in [0.2, 0.25) is 0 Å². The summed E-state index contributed by atoms with van der Waals surface area (Å²) in [6, 6.07) is 18.4. The molecular weight excluding hydrogens is 318 g/mol. The van der Waals surface area contributed by atoms with E-state index in [0.717, 1.165) is 34.6 Å². The van der Waals surface area contributed by atoms with E-state index < -0.39 is 0 Å². The SMILES string of the molecule is CCn1c(COc2ccccc2C)nnc1SCc1ccccc1. The van der Waals surface area contributed by atoms with Crippen LogP contribution in [-0.2, 0) is 18.9 Å². The summed E-state index contributed by atoms with van der Waals surface area (Å²) in [6.07, 6.45) is 0. The number of benzene rings is 2. The molecule has 0 N–H and O–H groups in total. The van der Waals surface area contributed by atoms with Gasteiger partial charge in [0.25, 0.3) is 0 Å². The summed E-state index contributed by atoms with van der Waals surface area (Å²) in [6.45, 7) is 5.41. The molecule has 0 radical (unpaired) electrons. The normalized spacial score (nSPS) is 10.8. The van der Waals surface area contributed by atoms with Gasteiger partial charge < -0.3 is 9.30 Å². The van der Waals surface area contributed by atoms with Gasteiger partial charge in [0.15, 0.2) is 11.0 Å². The molecule has 0 aliphatic heterocycles. The molecule has 0 fully saturated rings. The summed E-state index contributed by atoms with van der Waals surface area (Å²) in [7, 11) is 0. The van der Waals surface area contributed by atoms with E-state index in [2.05, 4.69) is 46.0 Å².